The van der Waals surface area contributed by atoms with Crippen molar-refractivity contribution >= 4 is 11.6 Å². The molecule has 1 rings (SSSR count). The molecule has 1 aromatic rings. The first kappa shape index (κ1) is 11.3. The minimum atomic E-state index is -1.02. The van der Waals surface area contributed by atoms with Crippen LogP contribution in [0.4, 0.5) is 5.69 Å². The number of aliphatic hydroxyl groups is 1. The molecule has 0 atom stereocenters. The highest BCUT2D eigenvalue weighted by atomic mass is 16.3. The Kier molecular flexibility index (Phi) is 3.13. The molecule has 1 aromatic carbocycles. The van der Waals surface area contributed by atoms with Gasteiger partial charge in [-0.1, -0.05) is 18.2 Å². The van der Waals surface area contributed by atoms with Crippen molar-refractivity contribution in [3.05, 3.63) is 29.8 Å². The highest BCUT2D eigenvalue weighted by molar-refractivity contribution is 6.03. The average Bonchev–Trinajstić information content (AvgIpc) is 2.17. The Morgan fingerprint density at radius 1 is 1.47 bits per heavy atom. The van der Waals surface area contributed by atoms with E-state index in [9.17, 15) is 9.90 Å². The Morgan fingerprint density at radius 2 is 2.07 bits per heavy atom. The normalized spacial score (nSPS) is 10.5. The number of hydrogen-bond donors (Lipinski definition) is 2. The number of amides is 1. The first-order valence-electron chi connectivity index (χ1n) is 4.54. The monoisotopic (exact) mass is 203 g/mol. The SMILES string of the molecule is C#CC(=O)Nc1ccccc1C(C)(C)O. The van der Waals surface area contributed by atoms with Gasteiger partial charge < -0.3 is 10.4 Å². The van der Waals surface area contributed by atoms with E-state index in [0.717, 1.165) is 0 Å². The maximum atomic E-state index is 11.0. The van der Waals surface area contributed by atoms with Gasteiger partial charge in [-0.25, -0.2) is 0 Å². The van der Waals surface area contributed by atoms with E-state index in [1.165, 1.54) is 0 Å². The summed E-state index contributed by atoms with van der Waals surface area (Å²) in [5.41, 5.74) is 0.153. The first-order chi connectivity index (χ1) is 6.95. The molecule has 0 fully saturated rings. The van der Waals surface area contributed by atoms with Gasteiger partial charge in [-0.15, -0.1) is 6.42 Å². The quantitative estimate of drug-likeness (QED) is 0.715. The lowest BCUT2D eigenvalue weighted by Gasteiger charge is -2.21. The fourth-order valence-electron chi connectivity index (χ4n) is 1.28. The number of terminal acetylenes is 1. The largest absolute Gasteiger partial charge is 0.386 e. The van der Waals surface area contributed by atoms with Crippen LogP contribution in [-0.4, -0.2) is 11.0 Å². The molecule has 0 radical (unpaired) electrons. The van der Waals surface area contributed by atoms with E-state index in [4.69, 9.17) is 6.42 Å². The van der Waals surface area contributed by atoms with Gasteiger partial charge in [-0.2, -0.15) is 0 Å². The highest BCUT2D eigenvalue weighted by Crippen LogP contribution is 2.27. The van der Waals surface area contributed by atoms with Gasteiger partial charge in [0, 0.05) is 11.3 Å². The van der Waals surface area contributed by atoms with Crippen LogP contribution in [0, 0.1) is 12.3 Å². The Bertz CT molecular complexity index is 410. The van der Waals surface area contributed by atoms with E-state index < -0.39 is 11.5 Å². The zero-order valence-electron chi connectivity index (χ0n) is 8.74. The molecule has 0 aliphatic heterocycles. The summed E-state index contributed by atoms with van der Waals surface area (Å²) in [4.78, 5) is 11.0. The van der Waals surface area contributed by atoms with E-state index in [0.29, 0.717) is 11.3 Å². The van der Waals surface area contributed by atoms with Crippen LogP contribution < -0.4 is 5.32 Å². The van der Waals surface area contributed by atoms with Crippen molar-refractivity contribution in [2.24, 2.45) is 0 Å². The van der Waals surface area contributed by atoms with Crippen LogP contribution in [0.2, 0.25) is 0 Å². The Morgan fingerprint density at radius 3 is 2.60 bits per heavy atom. The highest BCUT2D eigenvalue weighted by Gasteiger charge is 2.19. The fourth-order valence-corrected chi connectivity index (χ4v) is 1.28. The molecule has 0 aromatic heterocycles. The number of carbonyl (C=O) groups is 1. The van der Waals surface area contributed by atoms with Gasteiger partial charge in [0.1, 0.15) is 0 Å². The van der Waals surface area contributed by atoms with E-state index in [1.54, 1.807) is 38.1 Å². The van der Waals surface area contributed by atoms with E-state index in [-0.39, 0.29) is 0 Å². The molecule has 0 aliphatic rings. The number of rotatable bonds is 2. The topological polar surface area (TPSA) is 49.3 Å². The van der Waals surface area contributed by atoms with Crippen molar-refractivity contribution in [2.45, 2.75) is 19.4 Å². The number of benzene rings is 1. The van der Waals surface area contributed by atoms with Crippen molar-refractivity contribution in [2.75, 3.05) is 5.32 Å². The van der Waals surface area contributed by atoms with Crippen molar-refractivity contribution in [3.63, 3.8) is 0 Å². The number of hydrogen-bond acceptors (Lipinski definition) is 2. The molecule has 3 nitrogen and oxygen atoms in total. The van der Waals surface area contributed by atoms with E-state index in [1.807, 2.05) is 5.92 Å². The Hall–Kier alpha value is -1.79. The maximum absolute atomic E-state index is 11.0. The van der Waals surface area contributed by atoms with E-state index >= 15 is 0 Å². The van der Waals surface area contributed by atoms with Crippen LogP contribution in [-0.2, 0) is 10.4 Å². The summed E-state index contributed by atoms with van der Waals surface area (Å²) in [6, 6.07) is 6.99. The molecular weight excluding hydrogens is 190 g/mol. The molecule has 78 valence electrons. The number of carbonyl (C=O) groups excluding carboxylic acids is 1. The van der Waals surface area contributed by atoms with Gasteiger partial charge >= 0.3 is 0 Å². The Balaban J connectivity index is 3.09. The average molecular weight is 203 g/mol. The van der Waals surface area contributed by atoms with Crippen LogP contribution in [0.3, 0.4) is 0 Å². The molecule has 0 heterocycles. The van der Waals surface area contributed by atoms with Crippen molar-refractivity contribution in [3.8, 4) is 12.3 Å². The lowest BCUT2D eigenvalue weighted by molar-refractivity contribution is -0.111. The lowest BCUT2D eigenvalue weighted by Crippen LogP contribution is -2.19. The summed E-state index contributed by atoms with van der Waals surface area (Å²) in [5.74, 6) is 1.44. The zero-order valence-corrected chi connectivity index (χ0v) is 8.74. The van der Waals surface area contributed by atoms with Crippen LogP contribution in [0.15, 0.2) is 24.3 Å². The summed E-state index contributed by atoms with van der Waals surface area (Å²) in [7, 11) is 0. The van der Waals surface area contributed by atoms with Crippen LogP contribution >= 0.6 is 0 Å². The molecule has 3 heteroatoms. The molecule has 0 bridgehead atoms. The minimum absolute atomic E-state index is 0.522. The number of anilines is 1. The van der Waals surface area contributed by atoms with Gasteiger partial charge in [-0.05, 0) is 25.8 Å². The van der Waals surface area contributed by atoms with Gasteiger partial charge in [0.15, 0.2) is 0 Å². The Labute approximate surface area is 89.1 Å². The summed E-state index contributed by atoms with van der Waals surface area (Å²) in [6.45, 7) is 3.29. The van der Waals surface area contributed by atoms with Crippen LogP contribution in [0.1, 0.15) is 19.4 Å². The first-order valence-corrected chi connectivity index (χ1v) is 4.54. The predicted octanol–water partition coefficient (Wildman–Crippen LogP) is 1.49. The second-order valence-electron chi connectivity index (χ2n) is 3.70. The molecule has 2 N–H and O–H groups in total. The molecule has 15 heavy (non-hydrogen) atoms. The van der Waals surface area contributed by atoms with Crippen molar-refractivity contribution in [1.29, 1.82) is 0 Å². The zero-order chi connectivity index (χ0) is 11.5. The van der Waals surface area contributed by atoms with Gasteiger partial charge in [0.2, 0.25) is 0 Å². The summed E-state index contributed by atoms with van der Waals surface area (Å²) in [6.07, 6.45) is 4.95. The molecule has 0 saturated heterocycles. The molecule has 1 amide bonds. The molecule has 0 spiro atoms. The second-order valence-corrected chi connectivity index (χ2v) is 3.70. The van der Waals surface area contributed by atoms with Crippen molar-refractivity contribution < 1.29 is 9.90 Å². The fraction of sp³-hybridized carbons (Fsp3) is 0.250. The summed E-state index contributed by atoms with van der Waals surface area (Å²) >= 11 is 0. The van der Waals surface area contributed by atoms with Gasteiger partial charge in [0.05, 0.1) is 5.60 Å². The van der Waals surface area contributed by atoms with Gasteiger partial charge in [-0.3, -0.25) is 4.79 Å². The molecule has 0 saturated carbocycles. The predicted molar refractivity (Wildman–Crippen MR) is 59.1 cm³/mol. The van der Waals surface area contributed by atoms with Crippen LogP contribution in [0.5, 0.6) is 0 Å². The third kappa shape index (κ3) is 2.83. The number of nitrogens with one attached hydrogen (secondary N) is 1. The molecule has 0 aliphatic carbocycles. The van der Waals surface area contributed by atoms with Gasteiger partial charge in [0.25, 0.3) is 5.91 Å². The minimum Gasteiger partial charge on any atom is -0.386 e. The van der Waals surface area contributed by atoms with Crippen molar-refractivity contribution in [1.82, 2.24) is 0 Å². The third-order valence-corrected chi connectivity index (χ3v) is 1.97. The molecular formula is C12H13NO2. The standard InChI is InChI=1S/C12H13NO2/c1-4-11(14)13-10-8-6-5-7-9(10)12(2,3)15/h1,5-8,15H,2-3H3,(H,13,14). The van der Waals surface area contributed by atoms with Crippen LogP contribution in [0.25, 0.3) is 0 Å². The lowest BCUT2D eigenvalue weighted by atomic mass is 9.96. The second kappa shape index (κ2) is 4.16. The smallest absolute Gasteiger partial charge is 0.300 e. The maximum Gasteiger partial charge on any atom is 0.300 e. The van der Waals surface area contributed by atoms with E-state index in [2.05, 4.69) is 5.32 Å². The molecule has 0 unspecified atom stereocenters. The summed E-state index contributed by atoms with van der Waals surface area (Å²) in [5, 5.41) is 12.4. The number of para-hydroxylation sites is 1. The summed E-state index contributed by atoms with van der Waals surface area (Å²) < 4.78 is 0. The third-order valence-electron chi connectivity index (χ3n) is 1.97.